The predicted octanol–water partition coefficient (Wildman–Crippen LogP) is 3.73. The number of benzene rings is 1. The minimum absolute atomic E-state index is 0.0166. The lowest BCUT2D eigenvalue weighted by Crippen LogP contribution is -2.34. The Morgan fingerprint density at radius 1 is 1.25 bits per heavy atom. The Balaban J connectivity index is 2.37. The Morgan fingerprint density at radius 3 is 2.25 bits per heavy atom. The van der Waals surface area contributed by atoms with Crippen molar-refractivity contribution in [2.45, 2.75) is 31.0 Å². The number of halogens is 4. The monoisotopic (exact) mass is 250 g/mol. The fourth-order valence-electron chi connectivity index (χ4n) is 1.85. The van der Waals surface area contributed by atoms with E-state index in [1.807, 2.05) is 0 Å². The molecule has 0 heterocycles. The Labute approximate surface area is 95.8 Å². The summed E-state index contributed by atoms with van der Waals surface area (Å²) >= 11 is 5.77. The van der Waals surface area contributed by atoms with Gasteiger partial charge in [-0.25, -0.2) is 0 Å². The maximum Gasteiger partial charge on any atom is 0.416 e. The van der Waals surface area contributed by atoms with Crippen LogP contribution < -0.4 is 0 Å². The van der Waals surface area contributed by atoms with Crippen molar-refractivity contribution in [1.82, 2.24) is 0 Å². The molecule has 0 radical (unpaired) electrons. The lowest BCUT2D eigenvalue weighted by Gasteiger charge is -2.37. The van der Waals surface area contributed by atoms with Crippen LogP contribution in [-0.4, -0.2) is 5.11 Å². The summed E-state index contributed by atoms with van der Waals surface area (Å²) in [4.78, 5) is 0. The SMILES string of the molecule is OC1(c2ccc(C(F)(F)F)cc2Cl)CCC1. The van der Waals surface area contributed by atoms with Crippen molar-refractivity contribution >= 4 is 11.6 Å². The van der Waals surface area contributed by atoms with Gasteiger partial charge in [0, 0.05) is 10.6 Å². The van der Waals surface area contributed by atoms with Crippen molar-refractivity contribution in [3.63, 3.8) is 0 Å². The van der Waals surface area contributed by atoms with E-state index in [0.717, 1.165) is 18.6 Å². The van der Waals surface area contributed by atoms with Crippen LogP contribution in [0.2, 0.25) is 5.02 Å². The topological polar surface area (TPSA) is 20.2 Å². The fraction of sp³-hybridized carbons (Fsp3) is 0.455. The highest BCUT2D eigenvalue weighted by molar-refractivity contribution is 6.31. The molecule has 0 atom stereocenters. The van der Waals surface area contributed by atoms with Crippen molar-refractivity contribution in [3.8, 4) is 0 Å². The van der Waals surface area contributed by atoms with Gasteiger partial charge >= 0.3 is 6.18 Å². The molecule has 0 unspecified atom stereocenters. The van der Waals surface area contributed by atoms with Crippen LogP contribution in [0.5, 0.6) is 0 Å². The lowest BCUT2D eigenvalue weighted by molar-refractivity contribution is -0.137. The molecule has 0 amide bonds. The smallest absolute Gasteiger partial charge is 0.385 e. The third-order valence-electron chi connectivity index (χ3n) is 2.98. The minimum Gasteiger partial charge on any atom is -0.385 e. The van der Waals surface area contributed by atoms with E-state index in [1.54, 1.807) is 0 Å². The van der Waals surface area contributed by atoms with Crippen LogP contribution in [0.3, 0.4) is 0 Å². The molecule has 16 heavy (non-hydrogen) atoms. The highest BCUT2D eigenvalue weighted by Gasteiger charge is 2.39. The van der Waals surface area contributed by atoms with Gasteiger partial charge in [-0.3, -0.25) is 0 Å². The molecule has 1 aliphatic rings. The van der Waals surface area contributed by atoms with Gasteiger partial charge in [-0.1, -0.05) is 17.7 Å². The van der Waals surface area contributed by atoms with E-state index < -0.39 is 17.3 Å². The number of hydrogen-bond donors (Lipinski definition) is 1. The average molecular weight is 251 g/mol. The van der Waals surface area contributed by atoms with Gasteiger partial charge in [-0.05, 0) is 31.4 Å². The normalized spacial score (nSPS) is 19.3. The summed E-state index contributed by atoms with van der Waals surface area (Å²) in [5, 5.41) is 9.97. The highest BCUT2D eigenvalue weighted by atomic mass is 35.5. The first kappa shape index (κ1) is 11.7. The number of hydrogen-bond acceptors (Lipinski definition) is 1. The molecule has 0 spiro atoms. The number of alkyl halides is 3. The quantitative estimate of drug-likeness (QED) is 0.805. The molecule has 0 saturated heterocycles. The molecule has 1 fully saturated rings. The molecule has 0 aliphatic heterocycles. The standard InChI is InChI=1S/C11H10ClF3O/c12-9-6-7(11(13,14)15)2-3-8(9)10(16)4-1-5-10/h2-3,6,16H,1,4-5H2. The second kappa shape index (κ2) is 3.64. The Hall–Kier alpha value is -0.740. The summed E-state index contributed by atoms with van der Waals surface area (Å²) in [6.07, 6.45) is -2.42. The average Bonchev–Trinajstić information content (AvgIpc) is 2.12. The predicted molar refractivity (Wildman–Crippen MR) is 54.2 cm³/mol. The van der Waals surface area contributed by atoms with Crippen molar-refractivity contribution in [3.05, 3.63) is 34.3 Å². The van der Waals surface area contributed by atoms with E-state index in [0.29, 0.717) is 18.4 Å². The van der Waals surface area contributed by atoms with Crippen LogP contribution in [0.15, 0.2) is 18.2 Å². The van der Waals surface area contributed by atoms with Gasteiger partial charge < -0.3 is 5.11 Å². The lowest BCUT2D eigenvalue weighted by atomic mass is 9.75. The molecule has 2 rings (SSSR count). The van der Waals surface area contributed by atoms with Crippen LogP contribution in [0, 0.1) is 0 Å². The summed E-state index contributed by atoms with van der Waals surface area (Å²) in [6.45, 7) is 0. The van der Waals surface area contributed by atoms with Gasteiger partial charge in [0.2, 0.25) is 0 Å². The summed E-state index contributed by atoms with van der Waals surface area (Å²) in [5.74, 6) is 0. The van der Waals surface area contributed by atoms with Crippen LogP contribution in [0.25, 0.3) is 0 Å². The molecular formula is C11H10ClF3O. The second-order valence-electron chi connectivity index (χ2n) is 4.08. The van der Waals surface area contributed by atoms with E-state index in [9.17, 15) is 18.3 Å². The van der Waals surface area contributed by atoms with Crippen molar-refractivity contribution in [2.24, 2.45) is 0 Å². The molecule has 1 aromatic rings. The van der Waals surface area contributed by atoms with E-state index in [1.165, 1.54) is 6.07 Å². The van der Waals surface area contributed by atoms with Gasteiger partial charge in [0.05, 0.1) is 11.2 Å². The zero-order valence-electron chi connectivity index (χ0n) is 8.31. The molecule has 5 heteroatoms. The minimum atomic E-state index is -4.40. The maximum atomic E-state index is 12.4. The number of rotatable bonds is 1. The molecule has 1 N–H and O–H groups in total. The second-order valence-corrected chi connectivity index (χ2v) is 4.48. The van der Waals surface area contributed by atoms with E-state index in [4.69, 9.17) is 11.6 Å². The third-order valence-corrected chi connectivity index (χ3v) is 3.29. The fourth-order valence-corrected chi connectivity index (χ4v) is 2.21. The molecule has 1 aliphatic carbocycles. The van der Waals surface area contributed by atoms with Crippen molar-refractivity contribution in [2.75, 3.05) is 0 Å². The summed E-state index contributed by atoms with van der Waals surface area (Å²) in [7, 11) is 0. The largest absolute Gasteiger partial charge is 0.416 e. The van der Waals surface area contributed by atoms with E-state index >= 15 is 0 Å². The zero-order chi connectivity index (χ0) is 12.0. The van der Waals surface area contributed by atoms with E-state index in [2.05, 4.69) is 0 Å². The van der Waals surface area contributed by atoms with Gasteiger partial charge in [0.1, 0.15) is 0 Å². The molecule has 1 nitrogen and oxygen atoms in total. The third kappa shape index (κ3) is 1.92. The van der Waals surface area contributed by atoms with Crippen LogP contribution >= 0.6 is 11.6 Å². The Morgan fingerprint density at radius 2 is 1.88 bits per heavy atom. The van der Waals surface area contributed by atoms with Gasteiger partial charge in [-0.15, -0.1) is 0 Å². The Kier molecular flexibility index (Phi) is 2.67. The van der Waals surface area contributed by atoms with Crippen molar-refractivity contribution < 1.29 is 18.3 Å². The van der Waals surface area contributed by atoms with Crippen LogP contribution in [0.4, 0.5) is 13.2 Å². The van der Waals surface area contributed by atoms with Crippen LogP contribution in [-0.2, 0) is 11.8 Å². The first-order valence-electron chi connectivity index (χ1n) is 4.92. The molecule has 0 aromatic heterocycles. The van der Waals surface area contributed by atoms with Crippen molar-refractivity contribution in [1.29, 1.82) is 0 Å². The molecule has 1 aromatic carbocycles. The molecular weight excluding hydrogens is 241 g/mol. The first-order chi connectivity index (χ1) is 7.33. The molecule has 88 valence electrons. The molecule has 1 saturated carbocycles. The van der Waals surface area contributed by atoms with E-state index in [-0.39, 0.29) is 5.02 Å². The summed E-state index contributed by atoms with van der Waals surface area (Å²) in [6, 6.07) is 3.09. The Bertz CT molecular complexity index is 410. The molecule has 0 bridgehead atoms. The van der Waals surface area contributed by atoms with Gasteiger partial charge in [0.15, 0.2) is 0 Å². The summed E-state index contributed by atoms with van der Waals surface area (Å²) < 4.78 is 37.1. The highest BCUT2D eigenvalue weighted by Crippen LogP contribution is 2.45. The van der Waals surface area contributed by atoms with Gasteiger partial charge in [0.25, 0.3) is 0 Å². The van der Waals surface area contributed by atoms with Gasteiger partial charge in [-0.2, -0.15) is 13.2 Å². The first-order valence-corrected chi connectivity index (χ1v) is 5.30. The summed E-state index contributed by atoms with van der Waals surface area (Å²) in [5.41, 5.74) is -1.42. The van der Waals surface area contributed by atoms with Crippen LogP contribution in [0.1, 0.15) is 30.4 Å². The zero-order valence-corrected chi connectivity index (χ0v) is 9.07. The maximum absolute atomic E-state index is 12.4. The number of aliphatic hydroxyl groups is 1.